The van der Waals surface area contributed by atoms with E-state index in [4.69, 9.17) is 16.3 Å². The van der Waals surface area contributed by atoms with Crippen LogP contribution in [0, 0.1) is 5.82 Å². The second-order valence-electron chi connectivity index (χ2n) is 4.32. The maximum absolute atomic E-state index is 13.7. The fourth-order valence-electron chi connectivity index (χ4n) is 1.89. The number of aliphatic carboxylic acids is 1. The number of halogens is 2. The molecule has 0 bridgehead atoms. The van der Waals surface area contributed by atoms with Gasteiger partial charge >= 0.3 is 5.97 Å². The van der Waals surface area contributed by atoms with Crippen molar-refractivity contribution in [3.63, 3.8) is 0 Å². The lowest BCUT2D eigenvalue weighted by Gasteiger charge is -2.17. The molecule has 6 heteroatoms. The number of anilines is 1. The highest BCUT2D eigenvalue weighted by Crippen LogP contribution is 2.26. The van der Waals surface area contributed by atoms with Gasteiger partial charge in [0.1, 0.15) is 0 Å². The van der Waals surface area contributed by atoms with Gasteiger partial charge in [0, 0.05) is 10.7 Å². The summed E-state index contributed by atoms with van der Waals surface area (Å²) in [5.74, 6) is -1.68. The number of carboxylic acids is 1. The summed E-state index contributed by atoms with van der Waals surface area (Å²) >= 11 is 5.85. The van der Waals surface area contributed by atoms with E-state index in [9.17, 15) is 14.3 Å². The number of hydrogen-bond acceptors (Lipinski definition) is 3. The number of methoxy groups -OCH3 is 1. The molecular formula is C15H13ClFNO3. The Morgan fingerprint density at radius 1 is 1.33 bits per heavy atom. The van der Waals surface area contributed by atoms with E-state index in [0.29, 0.717) is 10.7 Å². The van der Waals surface area contributed by atoms with Crippen molar-refractivity contribution >= 4 is 23.3 Å². The van der Waals surface area contributed by atoms with E-state index in [0.717, 1.165) is 6.07 Å². The molecule has 2 aromatic rings. The Kier molecular flexibility index (Phi) is 4.65. The molecule has 2 N–H and O–H groups in total. The number of ether oxygens (including phenoxy) is 1. The molecule has 0 spiro atoms. The predicted octanol–water partition coefficient (Wildman–Crippen LogP) is 3.73. The Morgan fingerprint density at radius 3 is 2.67 bits per heavy atom. The van der Waals surface area contributed by atoms with Crippen LogP contribution in [0.5, 0.6) is 5.75 Å². The smallest absolute Gasteiger partial charge is 0.330 e. The average molecular weight is 310 g/mol. The summed E-state index contributed by atoms with van der Waals surface area (Å²) < 4.78 is 18.5. The van der Waals surface area contributed by atoms with Gasteiger partial charge in [-0.3, -0.25) is 0 Å². The Bertz CT molecular complexity index is 663. The van der Waals surface area contributed by atoms with Crippen molar-refractivity contribution in [2.45, 2.75) is 6.04 Å². The third-order valence-corrected chi connectivity index (χ3v) is 3.13. The monoisotopic (exact) mass is 309 g/mol. The molecule has 0 aliphatic heterocycles. The second kappa shape index (κ2) is 6.45. The number of nitrogens with one attached hydrogen (secondary N) is 1. The Balaban J connectivity index is 2.31. The number of hydrogen-bond donors (Lipinski definition) is 2. The SMILES string of the molecule is COc1ccc(C(Nc2cccc(Cl)c2)C(=O)O)cc1F. The standard InChI is InChI=1S/C15H13ClFNO3/c1-21-13-6-5-9(7-12(13)17)14(15(19)20)18-11-4-2-3-10(16)8-11/h2-8,14,18H,1H3,(H,19,20). The number of carboxylic acid groups (broad SMARTS) is 1. The largest absolute Gasteiger partial charge is 0.494 e. The van der Waals surface area contributed by atoms with Crippen LogP contribution in [-0.2, 0) is 4.79 Å². The van der Waals surface area contributed by atoms with Gasteiger partial charge in [0.25, 0.3) is 0 Å². The topological polar surface area (TPSA) is 58.6 Å². The van der Waals surface area contributed by atoms with E-state index in [1.54, 1.807) is 24.3 Å². The van der Waals surface area contributed by atoms with Crippen LogP contribution >= 0.6 is 11.6 Å². The highest BCUT2D eigenvalue weighted by Gasteiger charge is 2.21. The molecule has 0 aliphatic rings. The third kappa shape index (κ3) is 3.64. The van der Waals surface area contributed by atoms with Crippen LogP contribution in [0.15, 0.2) is 42.5 Å². The molecule has 0 aliphatic carbocycles. The van der Waals surface area contributed by atoms with Crippen molar-refractivity contribution in [2.75, 3.05) is 12.4 Å². The van der Waals surface area contributed by atoms with Crippen LogP contribution in [0.1, 0.15) is 11.6 Å². The lowest BCUT2D eigenvalue weighted by molar-refractivity contribution is -0.138. The summed E-state index contributed by atoms with van der Waals surface area (Å²) in [6.45, 7) is 0. The van der Waals surface area contributed by atoms with Crippen LogP contribution in [-0.4, -0.2) is 18.2 Å². The molecule has 4 nitrogen and oxygen atoms in total. The minimum absolute atomic E-state index is 0.0608. The van der Waals surface area contributed by atoms with Crippen LogP contribution in [0.3, 0.4) is 0 Å². The summed E-state index contributed by atoms with van der Waals surface area (Å²) in [4.78, 5) is 11.4. The molecule has 21 heavy (non-hydrogen) atoms. The average Bonchev–Trinajstić information content (AvgIpc) is 2.44. The zero-order valence-electron chi connectivity index (χ0n) is 11.1. The molecular weight excluding hydrogens is 297 g/mol. The fourth-order valence-corrected chi connectivity index (χ4v) is 2.09. The normalized spacial score (nSPS) is 11.8. The number of rotatable bonds is 5. The minimum Gasteiger partial charge on any atom is -0.494 e. The Hall–Kier alpha value is -2.27. The summed E-state index contributed by atoms with van der Waals surface area (Å²) in [5.41, 5.74) is 0.812. The van der Waals surface area contributed by atoms with Crippen molar-refractivity contribution in [1.29, 1.82) is 0 Å². The molecule has 2 aromatic carbocycles. The third-order valence-electron chi connectivity index (χ3n) is 2.89. The number of carbonyl (C=O) groups is 1. The molecule has 0 radical (unpaired) electrons. The second-order valence-corrected chi connectivity index (χ2v) is 4.76. The van der Waals surface area contributed by atoms with Crippen LogP contribution in [0.4, 0.5) is 10.1 Å². The summed E-state index contributed by atoms with van der Waals surface area (Å²) in [6.07, 6.45) is 0. The highest BCUT2D eigenvalue weighted by molar-refractivity contribution is 6.30. The lowest BCUT2D eigenvalue weighted by Crippen LogP contribution is -2.20. The summed E-state index contributed by atoms with van der Waals surface area (Å²) in [7, 11) is 1.34. The maximum atomic E-state index is 13.7. The van der Waals surface area contributed by atoms with E-state index in [-0.39, 0.29) is 11.3 Å². The van der Waals surface area contributed by atoms with Crippen LogP contribution in [0.25, 0.3) is 0 Å². The van der Waals surface area contributed by atoms with E-state index in [2.05, 4.69) is 5.32 Å². The summed E-state index contributed by atoms with van der Waals surface area (Å²) in [5, 5.41) is 12.6. The van der Waals surface area contributed by atoms with Gasteiger partial charge in [0.05, 0.1) is 7.11 Å². The van der Waals surface area contributed by atoms with E-state index >= 15 is 0 Å². The van der Waals surface area contributed by atoms with Crippen molar-refractivity contribution < 1.29 is 19.0 Å². The first-order valence-electron chi connectivity index (χ1n) is 6.09. The quantitative estimate of drug-likeness (QED) is 0.883. The van der Waals surface area contributed by atoms with Gasteiger partial charge in [-0.15, -0.1) is 0 Å². The van der Waals surface area contributed by atoms with Gasteiger partial charge in [0.15, 0.2) is 17.6 Å². The molecule has 0 saturated heterocycles. The first-order chi connectivity index (χ1) is 10.0. The number of benzene rings is 2. The Morgan fingerprint density at radius 2 is 2.10 bits per heavy atom. The molecule has 110 valence electrons. The van der Waals surface area contributed by atoms with E-state index in [1.807, 2.05) is 0 Å². The van der Waals surface area contributed by atoms with Crippen molar-refractivity contribution in [3.8, 4) is 5.75 Å². The van der Waals surface area contributed by atoms with Gasteiger partial charge in [-0.25, -0.2) is 9.18 Å². The maximum Gasteiger partial charge on any atom is 0.330 e. The van der Waals surface area contributed by atoms with Crippen LogP contribution in [0.2, 0.25) is 5.02 Å². The van der Waals surface area contributed by atoms with E-state index < -0.39 is 17.8 Å². The molecule has 1 atom stereocenters. The fraction of sp³-hybridized carbons (Fsp3) is 0.133. The van der Waals surface area contributed by atoms with E-state index in [1.165, 1.54) is 19.2 Å². The summed E-state index contributed by atoms with van der Waals surface area (Å²) in [6, 6.07) is 9.57. The molecule has 0 aromatic heterocycles. The van der Waals surface area contributed by atoms with Gasteiger partial charge in [-0.05, 0) is 35.9 Å². The van der Waals surface area contributed by atoms with Gasteiger partial charge in [-0.1, -0.05) is 23.7 Å². The van der Waals surface area contributed by atoms with Crippen molar-refractivity contribution in [3.05, 3.63) is 58.9 Å². The molecule has 0 fully saturated rings. The van der Waals surface area contributed by atoms with Gasteiger partial charge in [-0.2, -0.15) is 0 Å². The highest BCUT2D eigenvalue weighted by atomic mass is 35.5. The zero-order chi connectivity index (χ0) is 15.4. The first kappa shape index (κ1) is 15.1. The van der Waals surface area contributed by atoms with Gasteiger partial charge in [0.2, 0.25) is 0 Å². The molecule has 2 rings (SSSR count). The zero-order valence-corrected chi connectivity index (χ0v) is 11.9. The lowest BCUT2D eigenvalue weighted by atomic mass is 10.1. The minimum atomic E-state index is -1.13. The Labute approximate surface area is 126 Å². The van der Waals surface area contributed by atoms with Crippen molar-refractivity contribution in [2.24, 2.45) is 0 Å². The molecule has 1 unspecified atom stereocenters. The molecule has 0 amide bonds. The predicted molar refractivity (Wildman–Crippen MR) is 78.4 cm³/mol. The first-order valence-corrected chi connectivity index (χ1v) is 6.47. The molecule has 0 heterocycles. The van der Waals surface area contributed by atoms with Gasteiger partial charge < -0.3 is 15.2 Å². The molecule has 0 saturated carbocycles. The van der Waals surface area contributed by atoms with Crippen molar-refractivity contribution in [1.82, 2.24) is 0 Å². The van der Waals surface area contributed by atoms with Crippen LogP contribution < -0.4 is 10.1 Å².